The van der Waals surface area contributed by atoms with Gasteiger partial charge in [-0.05, 0) is 43.7 Å². The smallest absolute Gasteiger partial charge is 0.244 e. The minimum Gasteiger partial charge on any atom is -0.337 e. The van der Waals surface area contributed by atoms with Gasteiger partial charge in [0.05, 0.1) is 6.04 Å². The molecule has 1 N–H and O–H groups in total. The average Bonchev–Trinajstić information content (AvgIpc) is 3.00. The van der Waals surface area contributed by atoms with Gasteiger partial charge in [0.15, 0.2) is 0 Å². The lowest BCUT2D eigenvalue weighted by molar-refractivity contribution is 0.345. The number of aromatic nitrogens is 2. The maximum Gasteiger partial charge on any atom is 0.244 e. The van der Waals surface area contributed by atoms with Crippen molar-refractivity contribution in [2.75, 3.05) is 6.54 Å². The van der Waals surface area contributed by atoms with Crippen LogP contribution in [0.1, 0.15) is 24.8 Å². The Morgan fingerprint density at radius 1 is 1.29 bits per heavy atom. The Labute approximate surface area is 104 Å². The minimum absolute atomic E-state index is 0.212. The fourth-order valence-electron chi connectivity index (χ4n) is 1.99. The van der Waals surface area contributed by atoms with E-state index in [1.807, 2.05) is 24.3 Å². The summed E-state index contributed by atoms with van der Waals surface area (Å²) in [5.41, 5.74) is 0.919. The Hall–Kier alpha value is -1.39. The van der Waals surface area contributed by atoms with Crippen LogP contribution in [0.3, 0.4) is 0 Å². The van der Waals surface area contributed by atoms with E-state index in [2.05, 4.69) is 15.5 Å². The van der Waals surface area contributed by atoms with Gasteiger partial charge in [0.1, 0.15) is 0 Å². The van der Waals surface area contributed by atoms with Gasteiger partial charge in [0, 0.05) is 10.6 Å². The van der Waals surface area contributed by atoms with E-state index in [1.165, 1.54) is 0 Å². The largest absolute Gasteiger partial charge is 0.337 e. The third-order valence-corrected chi connectivity index (χ3v) is 3.15. The standard InChI is InChI=1S/C12H12ClN3O/c13-9-5-3-8(4-6-9)11-15-12(17-16-11)10-2-1-7-14-10/h3-6,10,14H,1-2,7H2/t10-/m1/s1. The Kier molecular flexibility index (Phi) is 2.82. The molecule has 1 fully saturated rings. The number of benzene rings is 1. The molecule has 0 radical (unpaired) electrons. The second-order valence-corrected chi connectivity index (χ2v) is 4.55. The van der Waals surface area contributed by atoms with Crippen LogP contribution in [-0.4, -0.2) is 16.7 Å². The average molecular weight is 250 g/mol. The highest BCUT2D eigenvalue weighted by Crippen LogP contribution is 2.24. The summed E-state index contributed by atoms with van der Waals surface area (Å²) in [5.74, 6) is 1.29. The number of nitrogens with zero attached hydrogens (tertiary/aromatic N) is 2. The zero-order chi connectivity index (χ0) is 11.7. The van der Waals surface area contributed by atoms with E-state index in [0.29, 0.717) is 16.7 Å². The lowest BCUT2D eigenvalue weighted by Crippen LogP contribution is -2.12. The minimum atomic E-state index is 0.212. The molecule has 4 nitrogen and oxygen atoms in total. The summed E-state index contributed by atoms with van der Waals surface area (Å²) in [6, 6.07) is 7.63. The second-order valence-electron chi connectivity index (χ2n) is 4.11. The third-order valence-electron chi connectivity index (χ3n) is 2.90. The number of hydrogen-bond acceptors (Lipinski definition) is 4. The van der Waals surface area contributed by atoms with Crippen molar-refractivity contribution in [1.29, 1.82) is 0 Å². The van der Waals surface area contributed by atoms with E-state index < -0.39 is 0 Å². The van der Waals surface area contributed by atoms with Gasteiger partial charge in [-0.15, -0.1) is 0 Å². The van der Waals surface area contributed by atoms with Crippen LogP contribution < -0.4 is 5.32 Å². The number of rotatable bonds is 2. The molecule has 1 aromatic carbocycles. The van der Waals surface area contributed by atoms with Crippen molar-refractivity contribution in [3.8, 4) is 11.4 Å². The summed E-state index contributed by atoms with van der Waals surface area (Å²) in [6.07, 6.45) is 2.21. The first-order chi connectivity index (χ1) is 8.33. The van der Waals surface area contributed by atoms with E-state index in [9.17, 15) is 0 Å². The van der Waals surface area contributed by atoms with Crippen LogP contribution in [0.5, 0.6) is 0 Å². The first-order valence-electron chi connectivity index (χ1n) is 5.66. The molecule has 2 heterocycles. The van der Waals surface area contributed by atoms with Crippen LogP contribution in [0, 0.1) is 0 Å². The van der Waals surface area contributed by atoms with E-state index in [1.54, 1.807) is 0 Å². The Morgan fingerprint density at radius 2 is 2.12 bits per heavy atom. The summed E-state index contributed by atoms with van der Waals surface area (Å²) in [7, 11) is 0. The van der Waals surface area contributed by atoms with Gasteiger partial charge < -0.3 is 9.84 Å². The molecule has 17 heavy (non-hydrogen) atoms. The highest BCUT2D eigenvalue weighted by Gasteiger charge is 2.22. The molecule has 0 saturated carbocycles. The fraction of sp³-hybridized carbons (Fsp3) is 0.333. The Bertz CT molecular complexity index is 503. The molecule has 1 saturated heterocycles. The zero-order valence-corrected chi connectivity index (χ0v) is 9.94. The van der Waals surface area contributed by atoms with Crippen molar-refractivity contribution in [3.63, 3.8) is 0 Å². The second kappa shape index (κ2) is 4.47. The lowest BCUT2D eigenvalue weighted by atomic mass is 10.2. The van der Waals surface area contributed by atoms with Crippen LogP contribution in [0.2, 0.25) is 5.02 Å². The maximum atomic E-state index is 5.83. The van der Waals surface area contributed by atoms with Gasteiger partial charge in [0.2, 0.25) is 11.7 Å². The van der Waals surface area contributed by atoms with Gasteiger partial charge in [-0.25, -0.2) is 0 Å². The summed E-state index contributed by atoms with van der Waals surface area (Å²) in [5, 5.41) is 8.02. The van der Waals surface area contributed by atoms with Crippen LogP contribution in [-0.2, 0) is 0 Å². The summed E-state index contributed by atoms with van der Waals surface area (Å²) in [6.45, 7) is 1.02. The Morgan fingerprint density at radius 3 is 2.82 bits per heavy atom. The maximum absolute atomic E-state index is 5.83. The molecule has 0 spiro atoms. The number of halogens is 1. The van der Waals surface area contributed by atoms with Gasteiger partial charge in [-0.2, -0.15) is 4.98 Å². The number of nitrogens with one attached hydrogen (secondary N) is 1. The molecule has 0 bridgehead atoms. The quantitative estimate of drug-likeness (QED) is 0.889. The van der Waals surface area contributed by atoms with Gasteiger partial charge in [-0.3, -0.25) is 0 Å². The van der Waals surface area contributed by atoms with Crippen LogP contribution in [0.15, 0.2) is 28.8 Å². The molecular formula is C12H12ClN3O. The van der Waals surface area contributed by atoms with Crippen molar-refractivity contribution in [2.45, 2.75) is 18.9 Å². The first kappa shape index (κ1) is 10.7. The van der Waals surface area contributed by atoms with Crippen molar-refractivity contribution >= 4 is 11.6 Å². The van der Waals surface area contributed by atoms with Gasteiger partial charge in [-0.1, -0.05) is 16.8 Å². The van der Waals surface area contributed by atoms with Crippen LogP contribution in [0.4, 0.5) is 0 Å². The molecule has 1 aromatic heterocycles. The third kappa shape index (κ3) is 2.18. The number of hydrogen-bond donors (Lipinski definition) is 1. The normalized spacial score (nSPS) is 19.7. The first-order valence-corrected chi connectivity index (χ1v) is 6.03. The lowest BCUT2D eigenvalue weighted by Gasteiger charge is -2.01. The molecule has 0 amide bonds. The highest BCUT2D eigenvalue weighted by atomic mass is 35.5. The zero-order valence-electron chi connectivity index (χ0n) is 9.19. The van der Waals surface area contributed by atoms with Gasteiger partial charge in [0.25, 0.3) is 0 Å². The Balaban J connectivity index is 1.86. The SMILES string of the molecule is Clc1ccc(-c2noc([C@H]3CCCN3)n2)cc1. The van der Waals surface area contributed by atoms with Crippen molar-refractivity contribution in [1.82, 2.24) is 15.5 Å². The molecule has 5 heteroatoms. The molecule has 1 aliphatic heterocycles. The molecule has 1 atom stereocenters. The predicted molar refractivity (Wildman–Crippen MR) is 64.7 cm³/mol. The highest BCUT2D eigenvalue weighted by molar-refractivity contribution is 6.30. The topological polar surface area (TPSA) is 51.0 Å². The molecule has 3 rings (SSSR count). The van der Waals surface area contributed by atoms with E-state index in [0.717, 1.165) is 24.9 Å². The predicted octanol–water partition coefficient (Wildman–Crippen LogP) is 2.81. The fourth-order valence-corrected chi connectivity index (χ4v) is 2.11. The van der Waals surface area contributed by atoms with Crippen LogP contribution in [0.25, 0.3) is 11.4 Å². The summed E-state index contributed by atoms with van der Waals surface area (Å²) < 4.78 is 5.28. The molecular weight excluding hydrogens is 238 g/mol. The van der Waals surface area contributed by atoms with Crippen LogP contribution >= 0.6 is 11.6 Å². The van der Waals surface area contributed by atoms with Crippen molar-refractivity contribution in [3.05, 3.63) is 35.2 Å². The molecule has 2 aromatic rings. The molecule has 0 aliphatic carbocycles. The summed E-state index contributed by atoms with van der Waals surface area (Å²) >= 11 is 5.83. The van der Waals surface area contributed by atoms with Gasteiger partial charge >= 0.3 is 0 Å². The van der Waals surface area contributed by atoms with E-state index >= 15 is 0 Å². The van der Waals surface area contributed by atoms with Crippen molar-refractivity contribution in [2.24, 2.45) is 0 Å². The molecule has 0 unspecified atom stereocenters. The molecule has 1 aliphatic rings. The van der Waals surface area contributed by atoms with Crippen molar-refractivity contribution < 1.29 is 4.52 Å². The monoisotopic (exact) mass is 249 g/mol. The van der Waals surface area contributed by atoms with E-state index in [4.69, 9.17) is 16.1 Å². The van der Waals surface area contributed by atoms with E-state index in [-0.39, 0.29) is 6.04 Å². The summed E-state index contributed by atoms with van der Waals surface area (Å²) in [4.78, 5) is 4.41. The molecule has 88 valence electrons.